The van der Waals surface area contributed by atoms with E-state index in [-0.39, 0.29) is 18.3 Å². The van der Waals surface area contributed by atoms with E-state index >= 15 is 0 Å². The van der Waals surface area contributed by atoms with Crippen molar-refractivity contribution in [2.45, 2.75) is 6.42 Å². The monoisotopic (exact) mass is 256 g/mol. The Morgan fingerprint density at radius 2 is 1.94 bits per heavy atom. The first-order chi connectivity index (χ1) is 7.74. The van der Waals surface area contributed by atoms with Gasteiger partial charge in [0.1, 0.15) is 0 Å². The molecule has 1 aromatic rings. The number of halogens is 1. The zero-order valence-electron chi connectivity index (χ0n) is 9.97. The van der Waals surface area contributed by atoms with Gasteiger partial charge in [0.05, 0.1) is 26.2 Å². The van der Waals surface area contributed by atoms with E-state index in [0.717, 1.165) is 5.56 Å². The second-order valence-electron chi connectivity index (χ2n) is 3.46. The third-order valence-corrected chi connectivity index (χ3v) is 2.40. The average Bonchev–Trinajstić information content (AvgIpc) is 2.35. The number of hydrogen-bond acceptors (Lipinski definition) is 4. The molecule has 17 heavy (non-hydrogen) atoms. The third-order valence-electron chi connectivity index (χ3n) is 2.40. The fraction of sp³-hybridized carbons (Fsp3) is 0.417. The Morgan fingerprint density at radius 3 is 2.41 bits per heavy atom. The SMILES string of the molecule is COc1ccc(C[C@H](C#N)CN)cc1OC.Cl. The molecular formula is C12H17ClN2O2. The number of ether oxygens (including phenoxy) is 2. The molecule has 4 nitrogen and oxygen atoms in total. The smallest absolute Gasteiger partial charge is 0.160 e. The Balaban J connectivity index is 0.00000256. The van der Waals surface area contributed by atoms with Crippen LogP contribution in [-0.2, 0) is 6.42 Å². The minimum absolute atomic E-state index is 0. The molecule has 1 rings (SSSR count). The van der Waals surface area contributed by atoms with Crippen LogP contribution in [0.5, 0.6) is 11.5 Å². The van der Waals surface area contributed by atoms with Gasteiger partial charge in [-0.05, 0) is 24.1 Å². The minimum Gasteiger partial charge on any atom is -0.493 e. The third kappa shape index (κ3) is 4.14. The molecule has 0 aliphatic heterocycles. The Morgan fingerprint density at radius 1 is 1.29 bits per heavy atom. The molecule has 5 heteroatoms. The van der Waals surface area contributed by atoms with E-state index in [9.17, 15) is 0 Å². The topological polar surface area (TPSA) is 68.3 Å². The van der Waals surface area contributed by atoms with Crippen LogP contribution in [0.2, 0.25) is 0 Å². The highest BCUT2D eigenvalue weighted by Gasteiger charge is 2.09. The van der Waals surface area contributed by atoms with E-state index in [1.807, 2.05) is 18.2 Å². The highest BCUT2D eigenvalue weighted by Crippen LogP contribution is 2.28. The first-order valence-electron chi connectivity index (χ1n) is 5.05. The molecule has 0 saturated carbocycles. The summed E-state index contributed by atoms with van der Waals surface area (Å²) in [5.74, 6) is 1.21. The number of rotatable bonds is 5. The molecule has 0 aromatic heterocycles. The van der Waals surface area contributed by atoms with Crippen molar-refractivity contribution >= 4 is 12.4 Å². The molecule has 0 heterocycles. The summed E-state index contributed by atoms with van der Waals surface area (Å²) in [6.07, 6.45) is 0.632. The molecule has 0 saturated heterocycles. The van der Waals surface area contributed by atoms with Crippen molar-refractivity contribution in [1.29, 1.82) is 5.26 Å². The van der Waals surface area contributed by atoms with E-state index in [1.54, 1.807) is 14.2 Å². The summed E-state index contributed by atoms with van der Waals surface area (Å²) in [5, 5.41) is 8.83. The number of methoxy groups -OCH3 is 2. The molecular weight excluding hydrogens is 240 g/mol. The fourth-order valence-electron chi connectivity index (χ4n) is 1.47. The van der Waals surface area contributed by atoms with Gasteiger partial charge in [0.15, 0.2) is 11.5 Å². The maximum Gasteiger partial charge on any atom is 0.160 e. The van der Waals surface area contributed by atoms with Gasteiger partial charge in [0.25, 0.3) is 0 Å². The average molecular weight is 257 g/mol. The standard InChI is InChI=1S/C12H16N2O2.ClH/c1-15-11-4-3-9(6-12(11)16-2)5-10(7-13)8-14;/h3-4,6,10H,5,7,13H2,1-2H3;1H/t10-;/m0./s1. The summed E-state index contributed by atoms with van der Waals surface area (Å²) in [5.41, 5.74) is 6.50. The van der Waals surface area contributed by atoms with E-state index < -0.39 is 0 Å². The zero-order valence-corrected chi connectivity index (χ0v) is 10.8. The number of nitriles is 1. The van der Waals surface area contributed by atoms with Crippen LogP contribution in [0.3, 0.4) is 0 Å². The van der Waals surface area contributed by atoms with Gasteiger partial charge in [-0.3, -0.25) is 0 Å². The van der Waals surface area contributed by atoms with Crippen LogP contribution in [0.25, 0.3) is 0 Å². The molecule has 0 spiro atoms. The number of nitrogens with zero attached hydrogens (tertiary/aromatic N) is 1. The predicted octanol–water partition coefficient (Wildman–Crippen LogP) is 1.77. The summed E-state index contributed by atoms with van der Waals surface area (Å²) in [4.78, 5) is 0. The lowest BCUT2D eigenvalue weighted by Gasteiger charge is -2.11. The summed E-state index contributed by atoms with van der Waals surface area (Å²) in [6, 6.07) is 7.79. The first-order valence-corrected chi connectivity index (χ1v) is 5.05. The summed E-state index contributed by atoms with van der Waals surface area (Å²) < 4.78 is 10.3. The van der Waals surface area contributed by atoms with Crippen molar-refractivity contribution in [3.05, 3.63) is 23.8 Å². The number of hydrogen-bond donors (Lipinski definition) is 1. The molecule has 0 fully saturated rings. The van der Waals surface area contributed by atoms with Crippen molar-refractivity contribution in [3.8, 4) is 17.6 Å². The van der Waals surface area contributed by atoms with E-state index in [2.05, 4.69) is 6.07 Å². The van der Waals surface area contributed by atoms with Crippen LogP contribution in [0.1, 0.15) is 5.56 Å². The maximum absolute atomic E-state index is 8.83. The largest absolute Gasteiger partial charge is 0.493 e. The van der Waals surface area contributed by atoms with Gasteiger partial charge in [-0.1, -0.05) is 6.07 Å². The quantitative estimate of drug-likeness (QED) is 0.872. The highest BCUT2D eigenvalue weighted by molar-refractivity contribution is 5.85. The van der Waals surface area contributed by atoms with Crippen molar-refractivity contribution in [2.75, 3.05) is 20.8 Å². The highest BCUT2D eigenvalue weighted by atomic mass is 35.5. The maximum atomic E-state index is 8.83. The van der Waals surface area contributed by atoms with Gasteiger partial charge < -0.3 is 15.2 Å². The van der Waals surface area contributed by atoms with E-state index in [0.29, 0.717) is 24.5 Å². The van der Waals surface area contributed by atoms with Gasteiger partial charge in [0, 0.05) is 6.54 Å². The first kappa shape index (κ1) is 15.6. The molecule has 0 unspecified atom stereocenters. The van der Waals surface area contributed by atoms with Gasteiger partial charge in [0.2, 0.25) is 0 Å². The minimum atomic E-state index is -0.155. The van der Waals surface area contributed by atoms with Crippen LogP contribution >= 0.6 is 12.4 Å². The van der Waals surface area contributed by atoms with Crippen LogP contribution in [-0.4, -0.2) is 20.8 Å². The molecule has 0 amide bonds. The van der Waals surface area contributed by atoms with Gasteiger partial charge >= 0.3 is 0 Å². The second kappa shape index (κ2) is 7.77. The van der Waals surface area contributed by atoms with Crippen LogP contribution in [0.15, 0.2) is 18.2 Å². The Hall–Kier alpha value is -1.44. The Labute approximate surface area is 108 Å². The van der Waals surface area contributed by atoms with Gasteiger partial charge in [-0.15, -0.1) is 12.4 Å². The van der Waals surface area contributed by atoms with E-state index in [1.165, 1.54) is 0 Å². The molecule has 94 valence electrons. The number of benzene rings is 1. The predicted molar refractivity (Wildman–Crippen MR) is 68.7 cm³/mol. The normalized spacial score (nSPS) is 10.9. The molecule has 0 bridgehead atoms. The Bertz CT molecular complexity index is 391. The lowest BCUT2D eigenvalue weighted by atomic mass is 10.0. The van der Waals surface area contributed by atoms with Crippen LogP contribution in [0, 0.1) is 17.2 Å². The second-order valence-corrected chi connectivity index (χ2v) is 3.46. The lowest BCUT2D eigenvalue weighted by molar-refractivity contribution is 0.354. The molecule has 0 aliphatic rings. The zero-order chi connectivity index (χ0) is 12.0. The molecule has 2 N–H and O–H groups in total. The van der Waals surface area contributed by atoms with Gasteiger partial charge in [-0.25, -0.2) is 0 Å². The molecule has 0 aliphatic carbocycles. The van der Waals surface area contributed by atoms with Crippen LogP contribution < -0.4 is 15.2 Å². The van der Waals surface area contributed by atoms with Gasteiger partial charge in [-0.2, -0.15) is 5.26 Å². The molecule has 1 atom stereocenters. The van der Waals surface area contributed by atoms with Crippen molar-refractivity contribution in [3.63, 3.8) is 0 Å². The summed E-state index contributed by atoms with van der Waals surface area (Å²) in [6.45, 7) is 0.366. The van der Waals surface area contributed by atoms with Crippen LogP contribution in [0.4, 0.5) is 0 Å². The van der Waals surface area contributed by atoms with Crippen molar-refractivity contribution in [1.82, 2.24) is 0 Å². The summed E-state index contributed by atoms with van der Waals surface area (Å²) in [7, 11) is 3.18. The lowest BCUT2D eigenvalue weighted by Crippen LogP contribution is -2.14. The Kier molecular flexibility index (Phi) is 7.11. The van der Waals surface area contributed by atoms with Crippen molar-refractivity contribution < 1.29 is 9.47 Å². The summed E-state index contributed by atoms with van der Waals surface area (Å²) >= 11 is 0. The number of nitrogens with two attached hydrogens (primary N) is 1. The van der Waals surface area contributed by atoms with Crippen molar-refractivity contribution in [2.24, 2.45) is 11.7 Å². The molecule has 0 radical (unpaired) electrons. The molecule has 1 aromatic carbocycles. The van der Waals surface area contributed by atoms with E-state index in [4.69, 9.17) is 20.5 Å². The fourth-order valence-corrected chi connectivity index (χ4v) is 1.47.